The number of carbonyl (C=O) groups is 2. The molecule has 3 aromatic carbocycles. The summed E-state index contributed by atoms with van der Waals surface area (Å²) in [6, 6.07) is 16.6. The second-order valence-corrected chi connectivity index (χ2v) is 9.92. The minimum absolute atomic E-state index is 0.124. The summed E-state index contributed by atoms with van der Waals surface area (Å²) in [5.74, 6) is -0.618. The number of esters is 1. The molecule has 0 saturated heterocycles. The third-order valence-electron chi connectivity index (χ3n) is 5.29. The number of nitrogens with zero attached hydrogens (tertiary/aromatic N) is 2. The van der Waals surface area contributed by atoms with Gasteiger partial charge in [0.25, 0.3) is 0 Å². The van der Waals surface area contributed by atoms with Gasteiger partial charge in [0.15, 0.2) is 5.16 Å². The largest absolute Gasteiger partial charge is 0.465 e. The fraction of sp³-hybridized carbons (Fsp3) is 0.192. The lowest BCUT2D eigenvalue weighted by molar-refractivity contribution is -0.113. The molecule has 1 heterocycles. The normalized spacial score (nSPS) is 11.0. The van der Waals surface area contributed by atoms with Crippen molar-refractivity contribution in [2.45, 2.75) is 25.5 Å². The second-order valence-electron chi connectivity index (χ2n) is 8.13. The van der Waals surface area contributed by atoms with E-state index in [1.54, 1.807) is 18.2 Å². The number of thioether (sulfide) groups is 1. The molecule has 0 atom stereocenters. The highest BCUT2D eigenvalue weighted by molar-refractivity contribution is 7.99. The average Bonchev–Trinajstić information content (AvgIpc) is 3.14. The monoisotopic (exact) mass is 527 g/mol. The van der Waals surface area contributed by atoms with E-state index in [9.17, 15) is 9.59 Å². The quantitative estimate of drug-likeness (QED) is 0.218. The number of ether oxygens (including phenoxy) is 1. The number of halogens is 2. The Kier molecular flexibility index (Phi) is 7.69. The summed E-state index contributed by atoms with van der Waals surface area (Å²) in [4.78, 5) is 29.1. The summed E-state index contributed by atoms with van der Waals surface area (Å²) in [6.07, 6.45) is 0. The van der Waals surface area contributed by atoms with Crippen molar-refractivity contribution in [2.24, 2.45) is 0 Å². The molecule has 35 heavy (non-hydrogen) atoms. The van der Waals surface area contributed by atoms with Crippen molar-refractivity contribution in [1.29, 1.82) is 0 Å². The Morgan fingerprint density at radius 2 is 1.77 bits per heavy atom. The summed E-state index contributed by atoms with van der Waals surface area (Å²) in [5.41, 5.74) is 5.95. The molecule has 0 fully saturated rings. The number of hydrogen-bond acceptors (Lipinski definition) is 5. The lowest BCUT2D eigenvalue weighted by Gasteiger charge is -2.12. The van der Waals surface area contributed by atoms with Gasteiger partial charge in [-0.1, -0.05) is 64.3 Å². The third kappa shape index (κ3) is 5.99. The highest BCUT2D eigenvalue weighted by atomic mass is 35.5. The predicted molar refractivity (Wildman–Crippen MR) is 142 cm³/mol. The van der Waals surface area contributed by atoms with Gasteiger partial charge in [0, 0.05) is 5.02 Å². The van der Waals surface area contributed by atoms with Crippen LogP contribution in [0.25, 0.3) is 11.0 Å². The van der Waals surface area contributed by atoms with E-state index in [0.29, 0.717) is 28.0 Å². The fourth-order valence-corrected chi connectivity index (χ4v) is 5.07. The predicted octanol–water partition coefficient (Wildman–Crippen LogP) is 6.53. The van der Waals surface area contributed by atoms with Crippen LogP contribution in [-0.4, -0.2) is 34.3 Å². The lowest BCUT2D eigenvalue weighted by atomic mass is 10.1. The van der Waals surface area contributed by atoms with Crippen molar-refractivity contribution >= 4 is 63.6 Å². The second kappa shape index (κ2) is 10.7. The molecule has 180 valence electrons. The van der Waals surface area contributed by atoms with Crippen LogP contribution in [-0.2, 0) is 16.1 Å². The third-order valence-corrected chi connectivity index (χ3v) is 6.82. The Morgan fingerprint density at radius 3 is 2.46 bits per heavy atom. The van der Waals surface area contributed by atoms with Crippen LogP contribution in [0.15, 0.2) is 59.8 Å². The number of methoxy groups -OCH3 is 1. The number of hydrogen-bond donors (Lipinski definition) is 1. The minimum Gasteiger partial charge on any atom is -0.465 e. The van der Waals surface area contributed by atoms with Crippen molar-refractivity contribution < 1.29 is 14.3 Å². The smallest absolute Gasteiger partial charge is 0.337 e. The molecule has 1 amide bonds. The van der Waals surface area contributed by atoms with Gasteiger partial charge in [0.05, 0.1) is 46.7 Å². The van der Waals surface area contributed by atoms with E-state index in [0.717, 1.165) is 16.6 Å². The van der Waals surface area contributed by atoms with Gasteiger partial charge in [-0.15, -0.1) is 0 Å². The summed E-state index contributed by atoms with van der Waals surface area (Å²) in [5, 5.41) is 4.38. The molecule has 0 radical (unpaired) electrons. The molecular formula is C26H23Cl2N3O3S. The van der Waals surface area contributed by atoms with Crippen molar-refractivity contribution in [3.8, 4) is 0 Å². The number of anilines is 1. The average molecular weight is 528 g/mol. The van der Waals surface area contributed by atoms with E-state index in [1.807, 2.05) is 12.1 Å². The van der Waals surface area contributed by atoms with E-state index < -0.39 is 5.97 Å². The Hall–Kier alpha value is -3.00. The first-order valence-electron chi connectivity index (χ1n) is 10.8. The molecule has 0 unspecified atom stereocenters. The van der Waals surface area contributed by atoms with Gasteiger partial charge >= 0.3 is 5.97 Å². The zero-order chi connectivity index (χ0) is 25.1. The SMILES string of the molecule is COC(=O)c1ccc(NC(=O)CSc2nc3ccc(Cl)cc3n2Cc2cc(C)cc(C)c2)c(Cl)c1. The number of aromatic nitrogens is 2. The summed E-state index contributed by atoms with van der Waals surface area (Å²) < 4.78 is 6.77. The highest BCUT2D eigenvalue weighted by Gasteiger charge is 2.16. The first kappa shape index (κ1) is 25.1. The van der Waals surface area contributed by atoms with E-state index in [4.69, 9.17) is 32.9 Å². The van der Waals surface area contributed by atoms with Gasteiger partial charge in [-0.25, -0.2) is 9.78 Å². The summed E-state index contributed by atoms with van der Waals surface area (Å²) in [6.45, 7) is 4.74. The lowest BCUT2D eigenvalue weighted by Crippen LogP contribution is -2.15. The molecule has 6 nitrogen and oxygen atoms in total. The molecule has 4 rings (SSSR count). The standard InChI is InChI=1S/C26H23Cl2N3O3S/c1-15-8-16(2)10-17(9-15)13-31-23-12-19(27)5-7-22(23)30-26(31)35-14-24(32)29-21-6-4-18(11-20(21)28)25(33)34-3/h4-12H,13-14H2,1-3H3,(H,29,32). The molecule has 9 heteroatoms. The van der Waals surface area contributed by atoms with E-state index >= 15 is 0 Å². The maximum atomic E-state index is 12.7. The topological polar surface area (TPSA) is 73.2 Å². The Balaban J connectivity index is 1.54. The molecule has 0 bridgehead atoms. The van der Waals surface area contributed by atoms with Gasteiger partial charge in [0.1, 0.15) is 0 Å². The zero-order valence-corrected chi connectivity index (χ0v) is 21.7. The molecule has 1 aromatic heterocycles. The maximum Gasteiger partial charge on any atom is 0.337 e. The molecule has 0 saturated carbocycles. The van der Waals surface area contributed by atoms with Crippen molar-refractivity contribution in [3.05, 3.63) is 86.9 Å². The van der Waals surface area contributed by atoms with Gasteiger partial charge in [-0.2, -0.15) is 0 Å². The number of carbonyl (C=O) groups excluding carboxylic acids is 2. The van der Waals surface area contributed by atoms with Gasteiger partial charge < -0.3 is 14.6 Å². The Morgan fingerprint density at radius 1 is 1.03 bits per heavy atom. The molecular weight excluding hydrogens is 505 g/mol. The fourth-order valence-electron chi connectivity index (χ4n) is 3.86. The summed E-state index contributed by atoms with van der Waals surface area (Å²) in [7, 11) is 1.30. The molecule has 0 aliphatic rings. The van der Waals surface area contributed by atoms with Crippen LogP contribution < -0.4 is 5.32 Å². The van der Waals surface area contributed by atoms with E-state index in [-0.39, 0.29) is 16.7 Å². The first-order valence-corrected chi connectivity index (χ1v) is 12.5. The van der Waals surface area contributed by atoms with E-state index in [2.05, 4.69) is 41.9 Å². The highest BCUT2D eigenvalue weighted by Crippen LogP contribution is 2.29. The number of fused-ring (bicyclic) bond motifs is 1. The molecule has 4 aromatic rings. The van der Waals surface area contributed by atoms with E-state index in [1.165, 1.54) is 36.1 Å². The van der Waals surface area contributed by atoms with Crippen LogP contribution in [0.4, 0.5) is 5.69 Å². The molecule has 0 aliphatic heterocycles. The molecule has 1 N–H and O–H groups in total. The maximum absolute atomic E-state index is 12.7. The Bertz CT molecular complexity index is 1410. The Labute approximate surface area is 217 Å². The van der Waals surface area contributed by atoms with Crippen LogP contribution in [0, 0.1) is 13.8 Å². The van der Waals surface area contributed by atoms with Crippen LogP contribution in [0.3, 0.4) is 0 Å². The van der Waals surface area contributed by atoms with Crippen molar-refractivity contribution in [3.63, 3.8) is 0 Å². The van der Waals surface area contributed by atoms with Gasteiger partial charge in [-0.3, -0.25) is 4.79 Å². The number of rotatable bonds is 7. The molecule has 0 spiro atoms. The number of nitrogens with one attached hydrogen (secondary N) is 1. The van der Waals surface area contributed by atoms with Crippen molar-refractivity contribution in [1.82, 2.24) is 9.55 Å². The van der Waals surface area contributed by atoms with Gasteiger partial charge in [0.2, 0.25) is 5.91 Å². The number of benzene rings is 3. The first-order chi connectivity index (χ1) is 16.7. The number of aryl methyl sites for hydroxylation is 2. The van der Waals surface area contributed by atoms with Crippen LogP contribution >= 0.6 is 35.0 Å². The number of amides is 1. The van der Waals surface area contributed by atoms with Crippen LogP contribution in [0.1, 0.15) is 27.0 Å². The zero-order valence-electron chi connectivity index (χ0n) is 19.4. The van der Waals surface area contributed by atoms with Crippen LogP contribution in [0.2, 0.25) is 10.0 Å². The molecule has 0 aliphatic carbocycles. The van der Waals surface area contributed by atoms with Gasteiger partial charge in [-0.05, 0) is 55.8 Å². The minimum atomic E-state index is -0.497. The summed E-state index contributed by atoms with van der Waals surface area (Å²) >= 11 is 13.8. The van der Waals surface area contributed by atoms with Crippen molar-refractivity contribution in [2.75, 3.05) is 18.2 Å². The number of imidazole rings is 1. The van der Waals surface area contributed by atoms with Crippen LogP contribution in [0.5, 0.6) is 0 Å².